The lowest BCUT2D eigenvalue weighted by molar-refractivity contribution is -0.384. The molecular weight excluding hydrogens is 270 g/mol. The van der Waals surface area contributed by atoms with Crippen LogP contribution in [0, 0.1) is 15.5 Å². The first kappa shape index (κ1) is 14.3. The first-order valence-electron chi connectivity index (χ1n) is 7.36. The highest BCUT2D eigenvalue weighted by Gasteiger charge is 2.40. The molecule has 3 rings (SSSR count). The molecule has 1 unspecified atom stereocenters. The van der Waals surface area contributed by atoms with Crippen LogP contribution in [0.15, 0.2) is 18.2 Å². The topological polar surface area (TPSA) is 67.6 Å². The number of methoxy groups -OCH3 is 1. The van der Waals surface area contributed by atoms with Gasteiger partial charge in [-0.1, -0.05) is 0 Å². The number of nitrogens with zero attached hydrogens (tertiary/aromatic N) is 2. The lowest BCUT2D eigenvalue weighted by Crippen LogP contribution is -2.29. The summed E-state index contributed by atoms with van der Waals surface area (Å²) in [6, 6.07) is 4.82. The van der Waals surface area contributed by atoms with Crippen molar-refractivity contribution in [1.82, 2.24) is 10.2 Å². The van der Waals surface area contributed by atoms with E-state index < -0.39 is 0 Å². The van der Waals surface area contributed by atoms with Gasteiger partial charge in [-0.05, 0) is 37.4 Å². The van der Waals surface area contributed by atoms with Gasteiger partial charge in [0.25, 0.3) is 5.69 Å². The molecule has 0 aromatic heterocycles. The van der Waals surface area contributed by atoms with Crippen molar-refractivity contribution in [3.05, 3.63) is 33.9 Å². The SMILES string of the molecule is COc1ccc([N+](=O)[O-])cc1CN1CCC2(CCNC2)C1. The van der Waals surface area contributed by atoms with Gasteiger partial charge < -0.3 is 10.1 Å². The molecule has 1 atom stereocenters. The molecule has 0 bridgehead atoms. The Hall–Kier alpha value is -1.66. The Morgan fingerprint density at radius 3 is 3.00 bits per heavy atom. The Labute approximate surface area is 124 Å². The van der Waals surface area contributed by atoms with Crippen LogP contribution >= 0.6 is 0 Å². The number of benzene rings is 1. The Balaban J connectivity index is 1.75. The van der Waals surface area contributed by atoms with Crippen molar-refractivity contribution in [3.63, 3.8) is 0 Å². The van der Waals surface area contributed by atoms with E-state index in [4.69, 9.17) is 4.74 Å². The number of rotatable bonds is 4. The van der Waals surface area contributed by atoms with Crippen molar-refractivity contribution in [1.29, 1.82) is 0 Å². The number of nitrogens with one attached hydrogen (secondary N) is 1. The van der Waals surface area contributed by atoms with Crippen LogP contribution < -0.4 is 10.1 Å². The van der Waals surface area contributed by atoms with Crippen LogP contribution in [0.4, 0.5) is 5.69 Å². The van der Waals surface area contributed by atoms with E-state index in [1.807, 2.05) is 0 Å². The van der Waals surface area contributed by atoms with Gasteiger partial charge in [0.2, 0.25) is 0 Å². The van der Waals surface area contributed by atoms with Gasteiger partial charge >= 0.3 is 0 Å². The minimum absolute atomic E-state index is 0.127. The summed E-state index contributed by atoms with van der Waals surface area (Å²) in [6.07, 6.45) is 2.44. The minimum Gasteiger partial charge on any atom is -0.496 e. The molecule has 6 heteroatoms. The van der Waals surface area contributed by atoms with Gasteiger partial charge in [0, 0.05) is 37.3 Å². The molecule has 1 aromatic carbocycles. The quantitative estimate of drug-likeness (QED) is 0.676. The van der Waals surface area contributed by atoms with Crippen molar-refractivity contribution in [2.24, 2.45) is 5.41 Å². The van der Waals surface area contributed by atoms with Gasteiger partial charge in [0.05, 0.1) is 12.0 Å². The molecule has 2 heterocycles. The number of non-ortho nitro benzene ring substituents is 1. The third kappa shape index (κ3) is 2.87. The van der Waals surface area contributed by atoms with Crippen LogP contribution in [-0.2, 0) is 6.54 Å². The maximum absolute atomic E-state index is 10.9. The number of nitro groups is 1. The standard InChI is InChI=1S/C15H21N3O3/c1-21-14-3-2-13(18(19)20)8-12(14)9-17-7-5-15(11-17)4-6-16-10-15/h2-3,8,16H,4-7,9-11H2,1H3. The van der Waals surface area contributed by atoms with E-state index in [9.17, 15) is 10.1 Å². The van der Waals surface area contributed by atoms with E-state index in [1.54, 1.807) is 19.2 Å². The summed E-state index contributed by atoms with van der Waals surface area (Å²) >= 11 is 0. The Morgan fingerprint density at radius 2 is 2.33 bits per heavy atom. The van der Waals surface area contributed by atoms with Crippen molar-refractivity contribution in [3.8, 4) is 5.75 Å². The highest BCUT2D eigenvalue weighted by molar-refractivity contribution is 5.43. The average Bonchev–Trinajstić information content (AvgIpc) is 3.09. The Morgan fingerprint density at radius 1 is 1.48 bits per heavy atom. The molecule has 0 amide bonds. The lowest BCUT2D eigenvalue weighted by atomic mass is 9.86. The van der Waals surface area contributed by atoms with E-state index in [1.165, 1.54) is 18.9 Å². The summed E-state index contributed by atoms with van der Waals surface area (Å²) in [4.78, 5) is 13.0. The average molecular weight is 291 g/mol. The van der Waals surface area contributed by atoms with E-state index in [2.05, 4.69) is 10.2 Å². The second-order valence-electron chi connectivity index (χ2n) is 6.14. The molecule has 2 fully saturated rings. The zero-order valence-electron chi connectivity index (χ0n) is 12.3. The highest BCUT2D eigenvalue weighted by atomic mass is 16.6. The highest BCUT2D eigenvalue weighted by Crippen LogP contribution is 2.37. The molecule has 1 aromatic rings. The Bertz CT molecular complexity index is 541. The lowest BCUT2D eigenvalue weighted by Gasteiger charge is -2.23. The zero-order chi connectivity index (χ0) is 14.9. The number of likely N-dealkylation sites (tertiary alicyclic amines) is 1. The summed E-state index contributed by atoms with van der Waals surface area (Å²) in [5.41, 5.74) is 1.44. The summed E-state index contributed by atoms with van der Waals surface area (Å²) in [5.74, 6) is 0.728. The van der Waals surface area contributed by atoms with Crippen LogP contribution in [0.3, 0.4) is 0 Å². The van der Waals surface area contributed by atoms with Crippen LogP contribution in [0.25, 0.3) is 0 Å². The number of ether oxygens (including phenoxy) is 1. The molecule has 2 saturated heterocycles. The fourth-order valence-corrected chi connectivity index (χ4v) is 3.55. The fourth-order valence-electron chi connectivity index (χ4n) is 3.55. The van der Waals surface area contributed by atoms with Crippen molar-refractivity contribution >= 4 is 5.69 Å². The van der Waals surface area contributed by atoms with E-state index in [0.717, 1.165) is 37.5 Å². The van der Waals surface area contributed by atoms with E-state index >= 15 is 0 Å². The van der Waals surface area contributed by atoms with Crippen LogP contribution in [0.2, 0.25) is 0 Å². The molecule has 1 spiro atoms. The third-order valence-corrected chi connectivity index (χ3v) is 4.72. The third-order valence-electron chi connectivity index (χ3n) is 4.72. The maximum Gasteiger partial charge on any atom is 0.270 e. The molecular formula is C15H21N3O3. The van der Waals surface area contributed by atoms with E-state index in [0.29, 0.717) is 12.0 Å². The molecule has 0 saturated carbocycles. The second-order valence-corrected chi connectivity index (χ2v) is 6.14. The first-order chi connectivity index (χ1) is 10.1. The minimum atomic E-state index is -0.352. The number of hydrogen-bond donors (Lipinski definition) is 1. The molecule has 114 valence electrons. The molecule has 1 N–H and O–H groups in total. The number of nitro benzene ring substituents is 1. The summed E-state index contributed by atoms with van der Waals surface area (Å²) < 4.78 is 5.35. The van der Waals surface area contributed by atoms with Gasteiger partial charge in [-0.2, -0.15) is 0 Å². The van der Waals surface area contributed by atoms with Crippen molar-refractivity contribution in [2.75, 3.05) is 33.3 Å². The first-order valence-corrected chi connectivity index (χ1v) is 7.36. The summed E-state index contributed by atoms with van der Waals surface area (Å²) in [7, 11) is 1.61. The zero-order valence-corrected chi connectivity index (χ0v) is 12.3. The van der Waals surface area contributed by atoms with E-state index in [-0.39, 0.29) is 10.6 Å². The van der Waals surface area contributed by atoms with Crippen LogP contribution in [0.5, 0.6) is 5.75 Å². The normalized spacial score (nSPS) is 25.6. The fraction of sp³-hybridized carbons (Fsp3) is 0.600. The van der Waals surface area contributed by atoms with Crippen molar-refractivity contribution in [2.45, 2.75) is 19.4 Å². The predicted molar refractivity (Wildman–Crippen MR) is 79.5 cm³/mol. The van der Waals surface area contributed by atoms with Gasteiger partial charge in [-0.25, -0.2) is 0 Å². The smallest absolute Gasteiger partial charge is 0.270 e. The van der Waals surface area contributed by atoms with Gasteiger partial charge in [0.15, 0.2) is 0 Å². The van der Waals surface area contributed by atoms with Crippen molar-refractivity contribution < 1.29 is 9.66 Å². The van der Waals surface area contributed by atoms with Gasteiger partial charge in [-0.15, -0.1) is 0 Å². The Kier molecular flexibility index (Phi) is 3.82. The van der Waals surface area contributed by atoms with Gasteiger partial charge in [0.1, 0.15) is 5.75 Å². The monoisotopic (exact) mass is 291 g/mol. The van der Waals surface area contributed by atoms with Crippen LogP contribution in [0.1, 0.15) is 18.4 Å². The molecule has 2 aliphatic rings. The largest absolute Gasteiger partial charge is 0.496 e. The molecule has 0 radical (unpaired) electrons. The molecule has 6 nitrogen and oxygen atoms in total. The van der Waals surface area contributed by atoms with Crippen LogP contribution in [-0.4, -0.2) is 43.1 Å². The molecule has 21 heavy (non-hydrogen) atoms. The second kappa shape index (κ2) is 5.61. The summed E-state index contributed by atoms with van der Waals surface area (Å²) in [5, 5.41) is 14.4. The predicted octanol–water partition coefficient (Wildman–Crippen LogP) is 1.79. The molecule has 0 aliphatic carbocycles. The van der Waals surface area contributed by atoms with Gasteiger partial charge in [-0.3, -0.25) is 15.0 Å². The number of hydrogen-bond acceptors (Lipinski definition) is 5. The summed E-state index contributed by atoms with van der Waals surface area (Å²) in [6.45, 7) is 5.02. The maximum atomic E-state index is 10.9. The molecule has 2 aliphatic heterocycles.